The fraction of sp³-hybridized carbons (Fsp3) is 0.571. The second kappa shape index (κ2) is 14.7. The van der Waals surface area contributed by atoms with Gasteiger partial charge in [-0.1, -0.05) is 85.8 Å². The topological polar surface area (TPSA) is 55.8 Å². The Kier molecular flexibility index (Phi) is 11.6. The average Bonchev–Trinajstić information content (AvgIpc) is 2.86. The summed E-state index contributed by atoms with van der Waals surface area (Å²) in [5.74, 6) is 6.36. The third kappa shape index (κ3) is 10.8. The largest absolute Gasteiger partial charge is 0.458 e. The van der Waals surface area contributed by atoms with Gasteiger partial charge in [0.1, 0.15) is 12.2 Å². The van der Waals surface area contributed by atoms with Crippen molar-refractivity contribution in [2.75, 3.05) is 13.2 Å². The molecule has 1 aromatic carbocycles. The predicted octanol–water partition coefficient (Wildman–Crippen LogP) is 7.72. The number of aliphatic hydroxyl groups is 1. The van der Waals surface area contributed by atoms with Gasteiger partial charge in [-0.15, -0.1) is 0 Å². The number of hydrogen-bond acceptors (Lipinski definition) is 4. The van der Waals surface area contributed by atoms with Crippen molar-refractivity contribution in [1.82, 2.24) is 0 Å². The number of hydrogen-bond donors (Lipinski definition) is 1. The van der Waals surface area contributed by atoms with Gasteiger partial charge in [0.05, 0.1) is 12.7 Å². The van der Waals surface area contributed by atoms with Gasteiger partial charge in [-0.2, -0.15) is 0 Å². The van der Waals surface area contributed by atoms with E-state index in [0.29, 0.717) is 6.61 Å². The van der Waals surface area contributed by atoms with Crippen LogP contribution in [0, 0.1) is 22.7 Å². The highest BCUT2D eigenvalue weighted by atomic mass is 16.6. The number of esters is 1. The molecule has 2 aliphatic rings. The molecule has 3 rings (SSSR count). The Balaban J connectivity index is 1.45. The predicted molar refractivity (Wildman–Crippen MR) is 159 cm³/mol. The Labute approximate surface area is 236 Å². The molecule has 0 bridgehead atoms. The number of benzene rings is 1. The van der Waals surface area contributed by atoms with Crippen LogP contribution in [0.1, 0.15) is 97.5 Å². The van der Waals surface area contributed by atoms with Crippen molar-refractivity contribution in [2.24, 2.45) is 10.8 Å². The van der Waals surface area contributed by atoms with Crippen LogP contribution < -0.4 is 0 Å². The summed E-state index contributed by atoms with van der Waals surface area (Å²) in [6, 6.07) is 10.2. The van der Waals surface area contributed by atoms with E-state index < -0.39 is 11.7 Å². The van der Waals surface area contributed by atoms with Crippen LogP contribution in [-0.2, 0) is 14.3 Å². The van der Waals surface area contributed by atoms with E-state index in [1.165, 1.54) is 37.7 Å². The van der Waals surface area contributed by atoms with Gasteiger partial charge in [0, 0.05) is 17.4 Å². The Morgan fingerprint density at radius 1 is 1.10 bits per heavy atom. The molecule has 0 spiro atoms. The summed E-state index contributed by atoms with van der Waals surface area (Å²) in [6.45, 7) is 8.21. The zero-order valence-corrected chi connectivity index (χ0v) is 24.5. The molecule has 2 aliphatic carbocycles. The highest BCUT2D eigenvalue weighted by molar-refractivity contribution is 5.71. The van der Waals surface area contributed by atoms with Crippen LogP contribution >= 0.6 is 0 Å². The highest BCUT2D eigenvalue weighted by Crippen LogP contribution is 2.47. The summed E-state index contributed by atoms with van der Waals surface area (Å²) < 4.78 is 10.9. The van der Waals surface area contributed by atoms with Crippen LogP contribution in [0.5, 0.6) is 0 Å². The third-order valence-corrected chi connectivity index (χ3v) is 7.98. The Morgan fingerprint density at radius 2 is 1.87 bits per heavy atom. The van der Waals surface area contributed by atoms with Crippen LogP contribution in [-0.4, -0.2) is 36.0 Å². The van der Waals surface area contributed by atoms with Crippen molar-refractivity contribution in [3.63, 3.8) is 0 Å². The van der Waals surface area contributed by atoms with E-state index in [9.17, 15) is 9.90 Å². The van der Waals surface area contributed by atoms with Crippen LogP contribution in [0.4, 0.5) is 0 Å². The Morgan fingerprint density at radius 3 is 2.56 bits per heavy atom. The number of aliphatic hydroxyl groups excluding tert-OH is 1. The number of carbonyl (C=O) groups excluding carboxylic acids is 1. The van der Waals surface area contributed by atoms with Gasteiger partial charge >= 0.3 is 5.97 Å². The van der Waals surface area contributed by atoms with E-state index in [4.69, 9.17) is 9.47 Å². The minimum Gasteiger partial charge on any atom is -0.458 e. The minimum atomic E-state index is -0.497. The monoisotopic (exact) mass is 532 g/mol. The molecule has 1 aromatic rings. The van der Waals surface area contributed by atoms with Gasteiger partial charge in [0.2, 0.25) is 0 Å². The lowest BCUT2D eigenvalue weighted by Crippen LogP contribution is -2.30. The lowest BCUT2D eigenvalue weighted by Gasteiger charge is -2.41. The summed E-state index contributed by atoms with van der Waals surface area (Å²) in [6.07, 6.45) is 20.8. The highest BCUT2D eigenvalue weighted by Gasteiger charge is 2.36. The summed E-state index contributed by atoms with van der Waals surface area (Å²) in [4.78, 5) is 11.9. The van der Waals surface area contributed by atoms with Crippen LogP contribution in [0.3, 0.4) is 0 Å². The fourth-order valence-corrected chi connectivity index (χ4v) is 5.51. The number of rotatable bonds is 11. The summed E-state index contributed by atoms with van der Waals surface area (Å²) in [5.41, 5.74) is 2.16. The zero-order valence-electron chi connectivity index (χ0n) is 24.5. The van der Waals surface area contributed by atoms with Gasteiger partial charge < -0.3 is 14.6 Å². The second-order valence-electron chi connectivity index (χ2n) is 12.5. The van der Waals surface area contributed by atoms with Gasteiger partial charge in [-0.25, -0.2) is 4.79 Å². The van der Waals surface area contributed by atoms with Gasteiger partial charge in [0.25, 0.3) is 0 Å². The van der Waals surface area contributed by atoms with E-state index in [1.54, 1.807) is 0 Å². The molecule has 212 valence electrons. The van der Waals surface area contributed by atoms with Crippen molar-refractivity contribution in [2.45, 2.75) is 104 Å². The van der Waals surface area contributed by atoms with Crippen LogP contribution in [0.2, 0.25) is 0 Å². The van der Waals surface area contributed by atoms with Gasteiger partial charge in [0.15, 0.2) is 0 Å². The Hall–Kier alpha value is -2.61. The molecular weight excluding hydrogens is 484 g/mol. The van der Waals surface area contributed by atoms with Gasteiger partial charge in [-0.05, 0) is 83.3 Å². The molecular formula is C35H48O4. The molecule has 1 N–H and O–H groups in total. The van der Waals surface area contributed by atoms with Gasteiger partial charge in [-0.3, -0.25) is 0 Å². The summed E-state index contributed by atoms with van der Waals surface area (Å²) in [7, 11) is 0. The first-order valence-electron chi connectivity index (χ1n) is 14.7. The van der Waals surface area contributed by atoms with E-state index >= 15 is 0 Å². The lowest BCUT2D eigenvalue weighted by atomic mass is 9.64. The molecule has 0 saturated heterocycles. The van der Waals surface area contributed by atoms with Crippen molar-refractivity contribution in [1.29, 1.82) is 0 Å². The minimum absolute atomic E-state index is 0.0315. The maximum Gasteiger partial charge on any atom is 0.332 e. The molecule has 0 aromatic heterocycles. The molecule has 4 nitrogen and oxygen atoms in total. The first-order chi connectivity index (χ1) is 18.6. The van der Waals surface area contributed by atoms with E-state index in [1.807, 2.05) is 51.1 Å². The van der Waals surface area contributed by atoms with Crippen molar-refractivity contribution < 1.29 is 19.4 Å². The molecule has 39 heavy (non-hydrogen) atoms. The quantitative estimate of drug-likeness (QED) is 0.104. The molecule has 4 heteroatoms. The first-order valence-corrected chi connectivity index (χ1v) is 14.7. The third-order valence-electron chi connectivity index (χ3n) is 7.98. The maximum absolute atomic E-state index is 11.9. The summed E-state index contributed by atoms with van der Waals surface area (Å²) >= 11 is 0. The molecule has 0 radical (unpaired) electrons. The van der Waals surface area contributed by atoms with E-state index in [-0.39, 0.29) is 23.4 Å². The normalized spacial score (nSPS) is 22.8. The molecule has 0 aliphatic heterocycles. The fourth-order valence-electron chi connectivity index (χ4n) is 5.51. The molecule has 0 unspecified atom stereocenters. The maximum atomic E-state index is 11.9. The molecule has 2 saturated carbocycles. The molecule has 0 heterocycles. The average molecular weight is 533 g/mol. The van der Waals surface area contributed by atoms with Crippen molar-refractivity contribution in [3.8, 4) is 11.8 Å². The number of carbonyl (C=O) groups is 1. The van der Waals surface area contributed by atoms with E-state index in [0.717, 1.165) is 37.7 Å². The summed E-state index contributed by atoms with van der Waals surface area (Å²) in [5, 5.41) is 10.6. The van der Waals surface area contributed by atoms with Crippen molar-refractivity contribution >= 4 is 5.97 Å². The lowest BCUT2D eigenvalue weighted by molar-refractivity contribution is -0.159. The second-order valence-corrected chi connectivity index (χ2v) is 12.5. The zero-order chi connectivity index (χ0) is 28.2. The smallest absolute Gasteiger partial charge is 0.332 e. The SMILES string of the molecule is CC(C)(C)OC(=O)COC/C=C1\CCCC[C@@]1(C)/C=C/C=C/[C@@H](O)CCC1(CC#Cc2ccccc2)CCC1. The van der Waals surface area contributed by atoms with Crippen LogP contribution in [0.25, 0.3) is 0 Å². The molecule has 0 amide bonds. The Bertz CT molecular complexity index is 1060. The number of ether oxygens (including phenoxy) is 2. The molecule has 2 atom stereocenters. The van der Waals surface area contributed by atoms with Crippen LogP contribution in [0.15, 0.2) is 66.3 Å². The van der Waals surface area contributed by atoms with Crippen molar-refractivity contribution in [3.05, 3.63) is 71.8 Å². The number of allylic oxidation sites excluding steroid dienone is 4. The van der Waals surface area contributed by atoms with E-state index in [2.05, 4.69) is 49.1 Å². The first kappa shape index (κ1) is 30.9. The standard InChI is InChI=1S/C35H48O4/c1-33(2,3)39-32(37)28-38-27-20-30-17-8-10-21-34(30,4)22-11-9-18-31(36)19-26-35(24-13-25-35)23-12-16-29-14-6-5-7-15-29/h5-7,9,11,14-15,18,20,22,31,36H,8,10,13,17,19,21,23-28H2,1-4H3/b18-9+,22-11+,30-20+/t31-,34+/m1/s1. The molecule has 2 fully saturated rings.